The predicted molar refractivity (Wildman–Crippen MR) is 157 cm³/mol. The molecule has 2 aliphatic rings. The molecule has 1 aliphatic carbocycles. The molecule has 39 heavy (non-hydrogen) atoms. The molecule has 0 saturated carbocycles. The highest BCUT2D eigenvalue weighted by molar-refractivity contribution is 6.00. The Bertz CT molecular complexity index is 1330. The number of fused-ring (bicyclic) bond motifs is 1. The minimum Gasteiger partial charge on any atom is -0.508 e. The first-order chi connectivity index (χ1) is 19.0. The van der Waals surface area contributed by atoms with Crippen LogP contribution in [-0.2, 0) is 6.42 Å². The predicted octanol–water partition coefficient (Wildman–Crippen LogP) is 7.52. The van der Waals surface area contributed by atoms with Gasteiger partial charge in [-0.3, -0.25) is 9.29 Å². The second kappa shape index (κ2) is 12.3. The van der Waals surface area contributed by atoms with Crippen LogP contribution >= 0.6 is 0 Å². The van der Waals surface area contributed by atoms with Crippen LogP contribution in [0.4, 0.5) is 4.39 Å². The molecule has 0 aromatic heterocycles. The van der Waals surface area contributed by atoms with Crippen LogP contribution in [-0.4, -0.2) is 49.0 Å². The molecular formula is C34H40FNO3. The lowest BCUT2D eigenvalue weighted by Crippen LogP contribution is -2.26. The average molecular weight is 530 g/mol. The zero-order chi connectivity index (χ0) is 27.4. The average Bonchev–Trinajstić information content (AvgIpc) is 3.30. The smallest absolute Gasteiger partial charge is 0.122 e. The second-order valence-corrected chi connectivity index (χ2v) is 10.7. The van der Waals surface area contributed by atoms with E-state index in [9.17, 15) is 9.50 Å². The van der Waals surface area contributed by atoms with Gasteiger partial charge in [0.25, 0.3) is 0 Å². The lowest BCUT2D eigenvalue weighted by Gasteiger charge is -2.21. The monoisotopic (exact) mass is 529 g/mol. The number of hydrogen-bond donors (Lipinski definition) is 1. The Labute approximate surface area is 232 Å². The second-order valence-electron chi connectivity index (χ2n) is 10.7. The summed E-state index contributed by atoms with van der Waals surface area (Å²) in [5, 5.41) is 10.3. The summed E-state index contributed by atoms with van der Waals surface area (Å²) in [6, 6.07) is 18.6. The summed E-state index contributed by atoms with van der Waals surface area (Å²) >= 11 is 0. The number of likely N-dealkylation sites (tertiary alicyclic amines) is 1. The molecule has 1 heterocycles. The lowest BCUT2D eigenvalue weighted by molar-refractivity contribution is 0.198. The molecule has 1 aliphatic heterocycles. The van der Waals surface area contributed by atoms with E-state index in [1.807, 2.05) is 13.0 Å². The number of alkyl halides is 1. The number of phenols is 1. The van der Waals surface area contributed by atoms with E-state index >= 15 is 0 Å². The standard InChI is InChI=1S/C34H40FNO3/c1-4-38-33-16-15-30(23(2)24(33)3)32-8-5-7-26-21-27(37)11-14-31(26)34(32)25-9-12-28(13-10-25)39-29-17-20-36(22-29)19-6-18-35/h9-16,21,29,37H,4-8,17-20,22H2,1-3H3/t29-/m0/s1. The SMILES string of the molecule is CCOc1ccc(C2=C(c3ccc(O[C@H]4CCN(CCCF)C4)cc3)c3ccc(O)cc3CCC2)c(C)c1C. The van der Waals surface area contributed by atoms with E-state index < -0.39 is 0 Å². The number of benzene rings is 3. The fourth-order valence-electron chi connectivity index (χ4n) is 6.08. The van der Waals surface area contributed by atoms with E-state index in [1.54, 1.807) is 6.07 Å². The van der Waals surface area contributed by atoms with E-state index in [0.717, 1.165) is 62.4 Å². The number of aryl methyl sites for hydroxylation is 1. The van der Waals surface area contributed by atoms with Gasteiger partial charge in [0.2, 0.25) is 0 Å². The molecule has 1 N–H and O–H groups in total. The maximum absolute atomic E-state index is 12.6. The van der Waals surface area contributed by atoms with Gasteiger partial charge in [0.15, 0.2) is 0 Å². The van der Waals surface area contributed by atoms with E-state index in [4.69, 9.17) is 9.47 Å². The van der Waals surface area contributed by atoms with Crippen LogP contribution in [0.1, 0.15) is 66.0 Å². The van der Waals surface area contributed by atoms with Gasteiger partial charge >= 0.3 is 0 Å². The molecule has 0 unspecified atom stereocenters. The fraction of sp³-hybridized carbons (Fsp3) is 0.412. The van der Waals surface area contributed by atoms with Gasteiger partial charge in [-0.15, -0.1) is 0 Å². The molecule has 0 spiro atoms. The summed E-state index contributed by atoms with van der Waals surface area (Å²) < 4.78 is 24.8. The maximum atomic E-state index is 12.6. The van der Waals surface area contributed by atoms with Crippen LogP contribution in [0.25, 0.3) is 11.1 Å². The molecule has 1 saturated heterocycles. The Morgan fingerprint density at radius 3 is 2.54 bits per heavy atom. The molecule has 1 atom stereocenters. The van der Waals surface area contributed by atoms with Crippen molar-refractivity contribution in [2.24, 2.45) is 0 Å². The van der Waals surface area contributed by atoms with Crippen molar-refractivity contribution in [3.8, 4) is 17.2 Å². The van der Waals surface area contributed by atoms with E-state index in [-0.39, 0.29) is 12.8 Å². The summed E-state index contributed by atoms with van der Waals surface area (Å²) in [5.41, 5.74) is 9.74. The van der Waals surface area contributed by atoms with Gasteiger partial charge in [0.1, 0.15) is 23.4 Å². The zero-order valence-corrected chi connectivity index (χ0v) is 23.4. The molecule has 206 valence electrons. The Morgan fingerprint density at radius 2 is 1.77 bits per heavy atom. The maximum Gasteiger partial charge on any atom is 0.122 e. The van der Waals surface area contributed by atoms with E-state index in [0.29, 0.717) is 18.8 Å². The van der Waals surface area contributed by atoms with Crippen LogP contribution in [0.3, 0.4) is 0 Å². The number of allylic oxidation sites excluding steroid dienone is 1. The van der Waals surface area contributed by atoms with Gasteiger partial charge in [0, 0.05) is 19.6 Å². The Balaban J connectivity index is 1.51. The molecule has 0 bridgehead atoms. The highest BCUT2D eigenvalue weighted by Crippen LogP contribution is 2.43. The molecule has 0 amide bonds. The highest BCUT2D eigenvalue weighted by atomic mass is 19.1. The molecule has 0 radical (unpaired) electrons. The Kier molecular flexibility index (Phi) is 8.56. The highest BCUT2D eigenvalue weighted by Gasteiger charge is 2.25. The number of aromatic hydroxyl groups is 1. The van der Waals surface area contributed by atoms with Crippen LogP contribution in [0.15, 0.2) is 54.6 Å². The van der Waals surface area contributed by atoms with Crippen LogP contribution in [0.2, 0.25) is 0 Å². The first-order valence-corrected chi connectivity index (χ1v) is 14.3. The third kappa shape index (κ3) is 5.99. The number of rotatable bonds is 9. The van der Waals surface area contributed by atoms with Gasteiger partial charge in [0.05, 0.1) is 13.3 Å². The third-order valence-electron chi connectivity index (χ3n) is 8.18. The molecule has 1 fully saturated rings. The molecule has 4 nitrogen and oxygen atoms in total. The number of ether oxygens (including phenoxy) is 2. The van der Waals surface area contributed by atoms with E-state index in [2.05, 4.69) is 61.2 Å². The van der Waals surface area contributed by atoms with Crippen molar-refractivity contribution < 1.29 is 19.0 Å². The number of phenolic OH excluding ortho intramolecular Hbond substituents is 1. The fourth-order valence-corrected chi connectivity index (χ4v) is 6.08. The number of nitrogens with zero attached hydrogens (tertiary/aromatic N) is 1. The van der Waals surface area contributed by atoms with E-state index in [1.165, 1.54) is 39.0 Å². The molecular weight excluding hydrogens is 489 g/mol. The van der Waals surface area contributed by atoms with Crippen molar-refractivity contribution in [3.63, 3.8) is 0 Å². The molecule has 3 aromatic carbocycles. The number of halogens is 1. The molecule has 3 aromatic rings. The summed E-state index contributed by atoms with van der Waals surface area (Å²) in [7, 11) is 0. The lowest BCUT2D eigenvalue weighted by atomic mass is 9.85. The van der Waals surface area contributed by atoms with Gasteiger partial charge < -0.3 is 14.6 Å². The van der Waals surface area contributed by atoms with Gasteiger partial charge in [-0.05, 0) is 128 Å². The minimum atomic E-state index is -0.264. The Hall–Kier alpha value is -3.31. The molecule has 5 heteroatoms. The first kappa shape index (κ1) is 27.3. The van der Waals surface area contributed by atoms with Crippen molar-refractivity contribution in [3.05, 3.63) is 88.0 Å². The summed E-state index contributed by atoms with van der Waals surface area (Å²) in [4.78, 5) is 2.29. The van der Waals surface area contributed by atoms with Crippen molar-refractivity contribution >= 4 is 11.1 Å². The summed E-state index contributed by atoms with van der Waals surface area (Å²) in [6.45, 7) is 9.34. The topological polar surface area (TPSA) is 41.9 Å². The van der Waals surface area contributed by atoms with Gasteiger partial charge in [-0.1, -0.05) is 24.3 Å². The largest absolute Gasteiger partial charge is 0.508 e. The van der Waals surface area contributed by atoms with Crippen molar-refractivity contribution in [1.29, 1.82) is 0 Å². The number of hydrogen-bond acceptors (Lipinski definition) is 4. The summed E-state index contributed by atoms with van der Waals surface area (Å²) in [6.07, 6.45) is 4.59. The summed E-state index contributed by atoms with van der Waals surface area (Å²) in [5.74, 6) is 2.12. The molecule has 5 rings (SSSR count). The van der Waals surface area contributed by atoms with Gasteiger partial charge in [-0.25, -0.2) is 0 Å². The normalized spacial score (nSPS) is 17.7. The minimum absolute atomic E-state index is 0.140. The van der Waals surface area contributed by atoms with Crippen molar-refractivity contribution in [2.75, 3.05) is 32.9 Å². The van der Waals surface area contributed by atoms with Crippen LogP contribution < -0.4 is 9.47 Å². The van der Waals surface area contributed by atoms with Crippen molar-refractivity contribution in [2.45, 2.75) is 59.0 Å². The first-order valence-electron chi connectivity index (χ1n) is 14.3. The third-order valence-corrected chi connectivity index (χ3v) is 8.18. The van der Waals surface area contributed by atoms with Crippen LogP contribution in [0.5, 0.6) is 17.2 Å². The quantitative estimate of drug-likeness (QED) is 0.311. The van der Waals surface area contributed by atoms with Crippen LogP contribution in [0, 0.1) is 13.8 Å². The van der Waals surface area contributed by atoms with Crippen molar-refractivity contribution in [1.82, 2.24) is 4.90 Å². The zero-order valence-electron chi connectivity index (χ0n) is 23.4. The van der Waals surface area contributed by atoms with Gasteiger partial charge in [-0.2, -0.15) is 0 Å². The Morgan fingerprint density at radius 1 is 0.974 bits per heavy atom.